The normalized spacial score (nSPS) is 34.8. The summed E-state index contributed by atoms with van der Waals surface area (Å²) in [5.74, 6) is -5.10. The van der Waals surface area contributed by atoms with Crippen LogP contribution in [0.15, 0.2) is 107 Å². The second-order valence-electron chi connectivity index (χ2n) is 17.8. The first kappa shape index (κ1) is 42.0. The molecule has 61 heavy (non-hydrogen) atoms. The van der Waals surface area contributed by atoms with Crippen molar-refractivity contribution in [1.29, 1.82) is 0 Å². The van der Waals surface area contributed by atoms with Crippen molar-refractivity contribution in [3.8, 4) is 0 Å². The molecule has 0 radical (unpaired) electrons. The summed E-state index contributed by atoms with van der Waals surface area (Å²) in [5, 5.41) is 13.8. The van der Waals surface area contributed by atoms with Crippen molar-refractivity contribution in [3.05, 3.63) is 119 Å². The van der Waals surface area contributed by atoms with Gasteiger partial charge in [0.05, 0.1) is 18.1 Å². The highest BCUT2D eigenvalue weighted by Gasteiger charge is 2.77. The van der Waals surface area contributed by atoms with Gasteiger partial charge in [-0.05, 0) is 60.2 Å². The van der Waals surface area contributed by atoms with Crippen LogP contribution in [0.1, 0.15) is 88.8 Å². The van der Waals surface area contributed by atoms with Gasteiger partial charge in [-0.1, -0.05) is 94.4 Å². The lowest BCUT2D eigenvalue weighted by Gasteiger charge is -2.68. The van der Waals surface area contributed by atoms with Crippen LogP contribution in [-0.4, -0.2) is 89.0 Å². The Bertz CT molecular complexity index is 2310. The number of rotatable bonds is 8. The van der Waals surface area contributed by atoms with E-state index < -0.39 is 100 Å². The molecule has 0 amide bonds. The zero-order chi connectivity index (χ0) is 43.6. The van der Waals surface area contributed by atoms with E-state index in [0.717, 1.165) is 0 Å². The van der Waals surface area contributed by atoms with Gasteiger partial charge >= 0.3 is 23.9 Å². The molecule has 3 aromatic rings. The van der Waals surface area contributed by atoms with E-state index in [0.29, 0.717) is 16.7 Å². The Hall–Kier alpha value is -5.66. The lowest BCUT2D eigenvalue weighted by atomic mass is 9.43. The zero-order valence-electron chi connectivity index (χ0n) is 35.3. The van der Waals surface area contributed by atoms with E-state index in [4.69, 9.17) is 33.4 Å². The number of hydrogen-bond acceptors (Lipinski definition) is 13. The molecule has 13 nitrogen and oxygen atoms in total. The van der Waals surface area contributed by atoms with Gasteiger partial charge in [0.25, 0.3) is 0 Å². The number of ketones is 1. The molecule has 5 aliphatic rings. The van der Waals surface area contributed by atoms with Gasteiger partial charge in [0.15, 0.2) is 17.5 Å². The first-order valence-corrected chi connectivity index (χ1v) is 20.7. The van der Waals surface area contributed by atoms with Crippen LogP contribution in [0.3, 0.4) is 0 Å². The van der Waals surface area contributed by atoms with Gasteiger partial charge in [-0.3, -0.25) is 14.4 Å². The van der Waals surface area contributed by atoms with Crippen molar-refractivity contribution in [2.45, 2.75) is 109 Å². The van der Waals surface area contributed by atoms with E-state index >= 15 is 4.79 Å². The summed E-state index contributed by atoms with van der Waals surface area (Å²) in [6.07, 6.45) is -6.50. The van der Waals surface area contributed by atoms with E-state index in [-0.39, 0.29) is 36.5 Å². The van der Waals surface area contributed by atoms with E-state index in [1.807, 2.05) is 67.6 Å². The molecule has 2 heterocycles. The summed E-state index contributed by atoms with van der Waals surface area (Å²) >= 11 is 0. The number of esters is 4. The van der Waals surface area contributed by atoms with Gasteiger partial charge in [0.1, 0.15) is 30.0 Å². The summed E-state index contributed by atoms with van der Waals surface area (Å²) in [4.78, 5) is 75.7. The molecule has 0 aromatic heterocycles. The zero-order valence-corrected chi connectivity index (χ0v) is 35.3. The first-order chi connectivity index (χ1) is 28.9. The predicted molar refractivity (Wildman–Crippen MR) is 219 cm³/mol. The minimum atomic E-state index is -2.19. The number of carbonyl (C=O) groups excluding carboxylic acids is 5. The Morgan fingerprint density at radius 3 is 2.05 bits per heavy atom. The van der Waals surface area contributed by atoms with Crippen LogP contribution in [0.2, 0.25) is 0 Å². The fourth-order valence-electron chi connectivity index (χ4n) is 10.7. The SMILES string of the molecule is CC(=O)O[C@H]1C(=O)[C@@]2(C)[C@H]([C@H](OC(=O)c3ccccc3)[C@]3(O)C[C@H](OC(=O)[C@@H]4OC(c5ccccc5)=N[C@H]4c4ccccc4)C(C)=C1C3(C)C)[C@]1(OC(C)=O)CO[C@@H]1C[C@@H]2C. The van der Waals surface area contributed by atoms with Crippen molar-refractivity contribution in [2.75, 3.05) is 6.61 Å². The summed E-state index contributed by atoms with van der Waals surface area (Å²) in [6.45, 7) is 10.9. The van der Waals surface area contributed by atoms with Gasteiger partial charge in [0, 0.05) is 36.7 Å². The number of hydrogen-bond donors (Lipinski definition) is 1. The van der Waals surface area contributed by atoms with Crippen LogP contribution in [0.25, 0.3) is 0 Å². The topological polar surface area (TPSA) is 173 Å². The molecule has 2 aliphatic heterocycles. The molecule has 3 aromatic carbocycles. The maximum Gasteiger partial charge on any atom is 0.350 e. The Balaban J connectivity index is 1.29. The van der Waals surface area contributed by atoms with Gasteiger partial charge < -0.3 is 33.5 Å². The van der Waals surface area contributed by atoms with E-state index in [2.05, 4.69) is 0 Å². The van der Waals surface area contributed by atoms with Crippen molar-refractivity contribution < 1.29 is 57.5 Å². The number of ether oxygens (including phenoxy) is 6. The van der Waals surface area contributed by atoms with E-state index in [1.54, 1.807) is 58.0 Å². The second-order valence-corrected chi connectivity index (χ2v) is 17.8. The lowest BCUT2D eigenvalue weighted by Crippen LogP contribution is -2.80. The summed E-state index contributed by atoms with van der Waals surface area (Å²) in [6, 6.07) is 25.8. The number of carbonyl (C=O) groups is 5. The third kappa shape index (κ3) is 6.67. The van der Waals surface area contributed by atoms with Gasteiger partial charge in [-0.15, -0.1) is 0 Å². The monoisotopic (exact) mass is 833 g/mol. The number of Topliss-reactive ketones (excluding diaryl/α,β-unsaturated/α-hetero) is 1. The number of fused-ring (bicyclic) bond motifs is 5. The molecule has 0 unspecified atom stereocenters. The smallest absolute Gasteiger partial charge is 0.350 e. The molecule has 0 spiro atoms. The predicted octanol–water partition coefficient (Wildman–Crippen LogP) is 6.07. The van der Waals surface area contributed by atoms with Gasteiger partial charge in [-0.2, -0.15) is 0 Å². The fourth-order valence-corrected chi connectivity index (χ4v) is 10.7. The quantitative estimate of drug-likeness (QED) is 0.158. The van der Waals surface area contributed by atoms with Crippen LogP contribution in [-0.2, 0) is 47.6 Å². The van der Waals surface area contributed by atoms with Crippen molar-refractivity contribution in [2.24, 2.45) is 27.7 Å². The highest BCUT2D eigenvalue weighted by Crippen LogP contribution is 2.65. The average molecular weight is 834 g/mol. The van der Waals surface area contributed by atoms with Crippen LogP contribution < -0.4 is 0 Å². The molecule has 2 bridgehead atoms. The highest BCUT2D eigenvalue weighted by molar-refractivity contribution is 5.98. The van der Waals surface area contributed by atoms with Crippen molar-refractivity contribution >= 4 is 35.6 Å². The maximum atomic E-state index is 15.7. The number of benzene rings is 3. The number of nitrogens with zero attached hydrogens (tertiary/aromatic N) is 1. The molecule has 2 saturated carbocycles. The fraction of sp³-hybridized carbons (Fsp3) is 0.458. The molecule has 8 rings (SSSR count). The third-order valence-corrected chi connectivity index (χ3v) is 14.1. The van der Waals surface area contributed by atoms with Crippen LogP contribution in [0, 0.1) is 22.7 Å². The maximum absolute atomic E-state index is 15.7. The number of aliphatic hydroxyl groups is 1. The molecule has 3 fully saturated rings. The largest absolute Gasteiger partial charge is 0.459 e. The van der Waals surface area contributed by atoms with E-state index in [9.17, 15) is 24.3 Å². The molecule has 13 heteroatoms. The number of aliphatic imine (C=N–C) groups is 1. The van der Waals surface area contributed by atoms with Gasteiger partial charge in [-0.25, -0.2) is 14.6 Å². The van der Waals surface area contributed by atoms with Gasteiger partial charge in [0.2, 0.25) is 12.0 Å². The van der Waals surface area contributed by atoms with E-state index in [1.165, 1.54) is 13.8 Å². The van der Waals surface area contributed by atoms with Crippen molar-refractivity contribution in [1.82, 2.24) is 0 Å². The molecule has 320 valence electrons. The molecular formula is C48H51NO12. The molecule has 1 N–H and O–H groups in total. The molecule has 11 atom stereocenters. The van der Waals surface area contributed by atoms with Crippen molar-refractivity contribution in [3.63, 3.8) is 0 Å². The Kier molecular flexibility index (Phi) is 10.6. The van der Waals surface area contributed by atoms with Crippen LogP contribution in [0.4, 0.5) is 0 Å². The summed E-state index contributed by atoms with van der Waals surface area (Å²) in [5.41, 5.74) is -4.70. The highest BCUT2D eigenvalue weighted by atomic mass is 16.6. The first-order valence-electron chi connectivity index (χ1n) is 20.7. The molecule has 1 saturated heterocycles. The molecular weight excluding hydrogens is 783 g/mol. The van der Waals surface area contributed by atoms with Crippen LogP contribution in [0.5, 0.6) is 0 Å². The lowest BCUT2D eigenvalue weighted by molar-refractivity contribution is -0.340. The second kappa shape index (κ2) is 15.4. The summed E-state index contributed by atoms with van der Waals surface area (Å²) in [7, 11) is 0. The van der Waals surface area contributed by atoms with Crippen LogP contribution >= 0.6 is 0 Å². The Morgan fingerprint density at radius 1 is 0.836 bits per heavy atom. The molecule has 3 aliphatic carbocycles. The Morgan fingerprint density at radius 2 is 1.46 bits per heavy atom. The Labute approximate surface area is 354 Å². The third-order valence-electron chi connectivity index (χ3n) is 14.1. The minimum Gasteiger partial charge on any atom is -0.459 e. The summed E-state index contributed by atoms with van der Waals surface area (Å²) < 4.78 is 37.6. The minimum absolute atomic E-state index is 0.157. The standard InChI is InChI=1S/C48H51NO12/c1-26-23-34-47(25-56-34,61-29(4)51)39-41(60-43(53)32-21-15-10-16-22-32)48(55)24-33(27(2)35(45(48,5)6)37(57-28(3)50)40(52)46(26,39)7)58-44(54)38-36(30-17-11-8-12-18-30)49-42(59-38)31-19-13-9-14-20-31/h8-22,26,33-34,36-39,41,55H,23-25H2,1-7H3/t26-,33-,34+,36-,37+,38+,39-,41-,46+,47-,48+/m0/s1. The average Bonchev–Trinajstić information content (AvgIpc) is 3.69.